The predicted molar refractivity (Wildman–Crippen MR) is 142 cm³/mol. The molecule has 4 rings (SSSR count). The number of hydrogen-bond acceptors (Lipinski definition) is 7. The number of carbonyl (C=O) groups is 2. The van der Waals surface area contributed by atoms with Gasteiger partial charge in [0.2, 0.25) is 0 Å². The Balaban J connectivity index is 1.96. The summed E-state index contributed by atoms with van der Waals surface area (Å²) in [7, 11) is 1.56. The fourth-order valence-electron chi connectivity index (χ4n) is 4.57. The summed E-state index contributed by atoms with van der Waals surface area (Å²) >= 11 is 0. The van der Waals surface area contributed by atoms with Gasteiger partial charge in [0.15, 0.2) is 11.5 Å². The van der Waals surface area contributed by atoms with Gasteiger partial charge in [0, 0.05) is 11.3 Å². The first-order valence-electron chi connectivity index (χ1n) is 12.2. The van der Waals surface area contributed by atoms with Crippen LogP contribution in [-0.4, -0.2) is 35.6 Å². The van der Waals surface area contributed by atoms with Crippen molar-refractivity contribution in [1.82, 2.24) is 0 Å². The molecule has 194 valence electrons. The molecule has 0 bridgehead atoms. The highest BCUT2D eigenvalue weighted by atomic mass is 16.5. The number of ketones is 1. The van der Waals surface area contributed by atoms with Crippen molar-refractivity contribution in [3.63, 3.8) is 0 Å². The van der Waals surface area contributed by atoms with Gasteiger partial charge in [0.25, 0.3) is 11.7 Å². The van der Waals surface area contributed by atoms with E-state index >= 15 is 0 Å². The summed E-state index contributed by atoms with van der Waals surface area (Å²) in [5, 5.41) is 31.0. The number of benzene rings is 3. The number of ether oxygens (including phenoxy) is 2. The number of carbonyl (C=O) groups excluding carboxylic acids is 2. The molecule has 2 N–H and O–H groups in total. The second-order valence-electron chi connectivity index (χ2n) is 9.10. The number of amides is 1. The topological polar surface area (TPSA) is 120 Å². The van der Waals surface area contributed by atoms with E-state index < -0.39 is 17.7 Å². The molecule has 1 aliphatic rings. The fraction of sp³-hybridized carbons (Fsp3) is 0.233. The number of aliphatic hydroxyl groups excluding tert-OH is 1. The number of anilines is 1. The van der Waals surface area contributed by atoms with Crippen molar-refractivity contribution in [3.8, 4) is 23.3 Å². The molecule has 1 saturated heterocycles. The number of aliphatic hydroxyl groups is 1. The molecular weight excluding hydrogens is 484 g/mol. The molecule has 0 aromatic heterocycles. The lowest BCUT2D eigenvalue weighted by atomic mass is 9.93. The van der Waals surface area contributed by atoms with E-state index in [2.05, 4.69) is 0 Å². The highest BCUT2D eigenvalue weighted by Crippen LogP contribution is 2.44. The van der Waals surface area contributed by atoms with Gasteiger partial charge >= 0.3 is 0 Å². The van der Waals surface area contributed by atoms with E-state index in [1.165, 1.54) is 11.0 Å². The maximum absolute atomic E-state index is 13.5. The van der Waals surface area contributed by atoms with Crippen LogP contribution in [0.4, 0.5) is 5.69 Å². The summed E-state index contributed by atoms with van der Waals surface area (Å²) in [6.45, 7) is 6.02. The number of aromatic hydroxyl groups is 1. The summed E-state index contributed by atoms with van der Waals surface area (Å²) in [5.74, 6) is -1.22. The number of Topliss-reactive ketones (excluding diaryl/α,β-unsaturated/α-hetero) is 1. The van der Waals surface area contributed by atoms with Gasteiger partial charge < -0.3 is 19.7 Å². The normalized spacial score (nSPS) is 16.5. The first-order valence-corrected chi connectivity index (χ1v) is 12.2. The molecule has 8 nitrogen and oxygen atoms in total. The smallest absolute Gasteiger partial charge is 0.300 e. The van der Waals surface area contributed by atoms with Crippen LogP contribution in [0.5, 0.6) is 17.2 Å². The Bertz CT molecular complexity index is 1470. The molecule has 1 heterocycles. The van der Waals surface area contributed by atoms with Crippen LogP contribution in [0.1, 0.15) is 55.0 Å². The van der Waals surface area contributed by atoms with Crippen LogP contribution in [0, 0.1) is 11.3 Å². The zero-order valence-corrected chi connectivity index (χ0v) is 21.6. The minimum Gasteiger partial charge on any atom is -0.507 e. The number of nitrogens with zero attached hydrogens (tertiary/aromatic N) is 2. The minimum absolute atomic E-state index is 0.0698. The maximum atomic E-state index is 13.5. The maximum Gasteiger partial charge on any atom is 0.300 e. The molecular formula is C30H28N2O6. The summed E-state index contributed by atoms with van der Waals surface area (Å²) in [6.07, 6.45) is 0. The fourth-order valence-corrected chi connectivity index (χ4v) is 4.57. The molecule has 0 spiro atoms. The molecule has 8 heteroatoms. The molecule has 0 saturated carbocycles. The molecule has 3 aromatic rings. The quantitative estimate of drug-likeness (QED) is 0.246. The summed E-state index contributed by atoms with van der Waals surface area (Å²) < 4.78 is 11.0. The zero-order chi connectivity index (χ0) is 27.6. The van der Waals surface area contributed by atoms with E-state index in [1.807, 2.05) is 19.9 Å². The van der Waals surface area contributed by atoms with Gasteiger partial charge in [-0.2, -0.15) is 5.26 Å². The Hall–Kier alpha value is -4.77. The van der Waals surface area contributed by atoms with Gasteiger partial charge in [-0.15, -0.1) is 0 Å². The number of phenolic OH excluding ortho intramolecular Hbond substituents is 1. The molecule has 0 aliphatic carbocycles. The van der Waals surface area contributed by atoms with E-state index in [0.717, 1.165) is 5.56 Å². The second-order valence-corrected chi connectivity index (χ2v) is 9.10. The molecule has 38 heavy (non-hydrogen) atoms. The van der Waals surface area contributed by atoms with Crippen molar-refractivity contribution in [3.05, 3.63) is 88.5 Å². The average molecular weight is 513 g/mol. The minimum atomic E-state index is -1.02. The van der Waals surface area contributed by atoms with Crippen molar-refractivity contribution in [1.29, 1.82) is 5.26 Å². The lowest BCUT2D eigenvalue weighted by molar-refractivity contribution is -0.132. The highest BCUT2D eigenvalue weighted by molar-refractivity contribution is 6.51. The molecule has 1 amide bonds. The number of methoxy groups -OCH3 is 1. The van der Waals surface area contributed by atoms with Gasteiger partial charge in [-0.1, -0.05) is 19.9 Å². The van der Waals surface area contributed by atoms with E-state index in [-0.39, 0.29) is 35.4 Å². The Labute approximate surface area is 221 Å². The lowest BCUT2D eigenvalue weighted by Gasteiger charge is -2.26. The van der Waals surface area contributed by atoms with Crippen molar-refractivity contribution >= 4 is 23.1 Å². The van der Waals surface area contributed by atoms with Crippen LogP contribution in [0.15, 0.2) is 66.2 Å². The number of nitriles is 1. The van der Waals surface area contributed by atoms with E-state index in [0.29, 0.717) is 28.1 Å². The standard InChI is InChI=1S/C30H28N2O6/c1-5-38-25-15-19(8-12-23(25)33)27-26(28(34)20-9-13-24(37-4)22(14-20)17(2)3)29(35)30(36)32(27)21-10-6-18(16-31)7-11-21/h6-15,17,27,33-34H,5H2,1-4H3/b28-26+. The molecule has 1 fully saturated rings. The SMILES string of the molecule is CCOc1cc(C2/C(=C(\O)c3ccc(OC)c(C(C)C)c3)C(=O)C(=O)N2c2ccc(C#N)cc2)ccc1O. The van der Waals surface area contributed by atoms with Crippen molar-refractivity contribution in [2.75, 3.05) is 18.6 Å². The van der Waals surface area contributed by atoms with Crippen LogP contribution in [0.3, 0.4) is 0 Å². The van der Waals surface area contributed by atoms with Crippen LogP contribution >= 0.6 is 0 Å². The summed E-state index contributed by atoms with van der Waals surface area (Å²) in [5.41, 5.74) is 2.31. The zero-order valence-electron chi connectivity index (χ0n) is 21.6. The van der Waals surface area contributed by atoms with Crippen LogP contribution in [-0.2, 0) is 9.59 Å². The molecule has 0 radical (unpaired) electrons. The third kappa shape index (κ3) is 4.66. The molecule has 1 aliphatic heterocycles. The number of phenols is 1. The Kier molecular flexibility index (Phi) is 7.40. The van der Waals surface area contributed by atoms with Gasteiger partial charge in [0.05, 0.1) is 37.0 Å². The van der Waals surface area contributed by atoms with Crippen LogP contribution < -0.4 is 14.4 Å². The molecule has 1 atom stereocenters. The van der Waals surface area contributed by atoms with Crippen molar-refractivity contribution in [2.24, 2.45) is 0 Å². The second kappa shape index (κ2) is 10.7. The van der Waals surface area contributed by atoms with Gasteiger partial charge in [-0.3, -0.25) is 14.5 Å². The Morgan fingerprint density at radius 2 is 1.76 bits per heavy atom. The Morgan fingerprint density at radius 1 is 1.05 bits per heavy atom. The lowest BCUT2D eigenvalue weighted by Crippen LogP contribution is -2.29. The monoisotopic (exact) mass is 512 g/mol. The third-order valence-corrected chi connectivity index (χ3v) is 6.44. The van der Waals surface area contributed by atoms with E-state index in [9.17, 15) is 25.1 Å². The predicted octanol–water partition coefficient (Wildman–Crippen LogP) is 5.42. The molecule has 3 aromatic carbocycles. The number of hydrogen-bond donors (Lipinski definition) is 2. The van der Waals surface area contributed by atoms with Crippen LogP contribution in [0.2, 0.25) is 0 Å². The summed E-state index contributed by atoms with van der Waals surface area (Å²) in [6, 6.07) is 16.9. The summed E-state index contributed by atoms with van der Waals surface area (Å²) in [4.78, 5) is 28.2. The van der Waals surface area contributed by atoms with E-state index in [4.69, 9.17) is 9.47 Å². The largest absolute Gasteiger partial charge is 0.507 e. The first kappa shape index (κ1) is 26.3. The number of rotatable bonds is 7. The van der Waals surface area contributed by atoms with E-state index in [1.54, 1.807) is 68.6 Å². The van der Waals surface area contributed by atoms with Gasteiger partial charge in [0.1, 0.15) is 11.5 Å². The van der Waals surface area contributed by atoms with Gasteiger partial charge in [-0.25, -0.2) is 0 Å². The first-order chi connectivity index (χ1) is 18.2. The van der Waals surface area contributed by atoms with Crippen LogP contribution in [0.25, 0.3) is 5.76 Å². The highest BCUT2D eigenvalue weighted by Gasteiger charge is 2.47. The van der Waals surface area contributed by atoms with Crippen molar-refractivity contribution < 1.29 is 29.3 Å². The average Bonchev–Trinajstić information content (AvgIpc) is 3.19. The van der Waals surface area contributed by atoms with Crippen molar-refractivity contribution in [2.45, 2.75) is 32.7 Å². The Morgan fingerprint density at radius 3 is 2.37 bits per heavy atom. The molecule has 1 unspecified atom stereocenters. The van der Waals surface area contributed by atoms with Gasteiger partial charge in [-0.05, 0) is 78.6 Å². The third-order valence-electron chi connectivity index (χ3n) is 6.44.